The van der Waals surface area contributed by atoms with Gasteiger partial charge in [0, 0.05) is 30.3 Å². The Labute approximate surface area is 246 Å². The zero-order valence-corrected chi connectivity index (χ0v) is 24.2. The van der Waals surface area contributed by atoms with Crippen molar-refractivity contribution in [1.82, 2.24) is 24.9 Å². The third kappa shape index (κ3) is 4.77. The number of aromatic nitrogens is 4. The number of hydrogen-bond acceptors (Lipinski definition) is 5. The summed E-state index contributed by atoms with van der Waals surface area (Å²) in [5.74, 6) is 0.929. The van der Waals surface area contributed by atoms with E-state index in [-0.39, 0.29) is 22.7 Å². The standard InChI is InChI=1S/C31H31BrN6O3/c32-26-19-37(35-29(26)38(40)41)31-14-21-11-22(15-31)13-30(12-21,20-31)16-27(39)33-17-24-18-36(25-9-5-2-6-10-25)34-28(24)23-7-3-1-4-8-23/h1-10,18-19,21-22H,11-17,20H2,(H,33,39). The van der Waals surface area contributed by atoms with Gasteiger partial charge >= 0.3 is 5.82 Å². The summed E-state index contributed by atoms with van der Waals surface area (Å²) in [4.78, 5) is 24.6. The van der Waals surface area contributed by atoms with E-state index in [0.29, 0.717) is 29.3 Å². The number of halogens is 1. The van der Waals surface area contributed by atoms with Crippen molar-refractivity contribution in [2.75, 3.05) is 0 Å². The van der Waals surface area contributed by atoms with Crippen LogP contribution in [0.5, 0.6) is 0 Å². The highest BCUT2D eigenvalue weighted by molar-refractivity contribution is 9.10. The lowest BCUT2D eigenvalue weighted by atomic mass is 9.46. The Kier molecular flexibility index (Phi) is 6.33. The largest absolute Gasteiger partial charge is 0.404 e. The topological polar surface area (TPSA) is 108 Å². The van der Waals surface area contributed by atoms with E-state index in [4.69, 9.17) is 5.10 Å². The number of nitro groups is 1. The second kappa shape index (κ2) is 9.94. The molecule has 41 heavy (non-hydrogen) atoms. The van der Waals surface area contributed by atoms with E-state index in [1.165, 1.54) is 6.42 Å². The second-order valence-corrected chi connectivity index (χ2v) is 13.1. The lowest BCUT2D eigenvalue weighted by molar-refractivity contribution is -0.390. The predicted octanol–water partition coefficient (Wildman–Crippen LogP) is 6.41. The van der Waals surface area contributed by atoms with E-state index in [1.54, 1.807) is 6.20 Å². The number of nitrogens with zero attached hydrogens (tertiary/aromatic N) is 5. The first-order valence-corrected chi connectivity index (χ1v) is 15.0. The molecule has 2 unspecified atom stereocenters. The molecule has 4 bridgehead atoms. The quantitative estimate of drug-likeness (QED) is 0.182. The third-order valence-corrected chi connectivity index (χ3v) is 9.89. The SMILES string of the molecule is O=C(CC12CC3CC(C1)CC(n1cc(Br)c([N+](=O)[O-])n1)(C3)C2)NCc1cn(-c2ccccc2)nc1-c1ccccc1. The second-order valence-electron chi connectivity index (χ2n) is 12.3. The van der Waals surface area contributed by atoms with Gasteiger partial charge in [0.05, 0.1) is 28.2 Å². The summed E-state index contributed by atoms with van der Waals surface area (Å²) in [7, 11) is 0. The maximum Gasteiger partial charge on any atom is 0.404 e. The number of amides is 1. The van der Waals surface area contributed by atoms with Gasteiger partial charge in [-0.05, 0) is 88.8 Å². The molecular formula is C31H31BrN6O3. The summed E-state index contributed by atoms with van der Waals surface area (Å²) in [6.07, 6.45) is 10.2. The average Bonchev–Trinajstić information content (AvgIpc) is 3.56. The Bertz CT molecular complexity index is 1600. The normalized spacial score (nSPS) is 26.3. The molecule has 2 heterocycles. The van der Waals surface area contributed by atoms with Crippen molar-refractivity contribution in [2.24, 2.45) is 17.3 Å². The molecule has 9 nitrogen and oxygen atoms in total. The summed E-state index contributed by atoms with van der Waals surface area (Å²) in [6, 6.07) is 20.0. The molecule has 0 spiro atoms. The van der Waals surface area contributed by atoms with Crippen LogP contribution < -0.4 is 5.32 Å². The van der Waals surface area contributed by atoms with Gasteiger partial charge in [-0.15, -0.1) is 0 Å². The molecule has 2 aromatic carbocycles. The molecule has 2 atom stereocenters. The molecule has 4 fully saturated rings. The van der Waals surface area contributed by atoms with Gasteiger partial charge in [0.15, 0.2) is 0 Å². The fraction of sp³-hybridized carbons (Fsp3) is 0.387. The average molecular weight is 616 g/mol. The van der Waals surface area contributed by atoms with Crippen molar-refractivity contribution in [3.05, 3.63) is 93.2 Å². The monoisotopic (exact) mass is 614 g/mol. The predicted molar refractivity (Wildman–Crippen MR) is 157 cm³/mol. The fourth-order valence-corrected chi connectivity index (χ4v) is 8.69. The van der Waals surface area contributed by atoms with Crippen LogP contribution in [0.25, 0.3) is 16.9 Å². The van der Waals surface area contributed by atoms with Crippen LogP contribution in [-0.2, 0) is 16.9 Å². The third-order valence-electron chi connectivity index (χ3n) is 9.33. The van der Waals surface area contributed by atoms with Gasteiger partial charge < -0.3 is 15.4 Å². The summed E-state index contributed by atoms with van der Waals surface area (Å²) < 4.78 is 4.13. The van der Waals surface area contributed by atoms with Crippen LogP contribution in [0.4, 0.5) is 5.82 Å². The van der Waals surface area contributed by atoms with E-state index >= 15 is 0 Å². The Morgan fingerprint density at radius 2 is 1.68 bits per heavy atom. The highest BCUT2D eigenvalue weighted by Gasteiger charge is 2.60. The molecule has 2 aromatic heterocycles. The number of rotatable bonds is 8. The molecule has 0 radical (unpaired) electrons. The van der Waals surface area contributed by atoms with Crippen molar-refractivity contribution >= 4 is 27.7 Å². The Morgan fingerprint density at radius 3 is 2.34 bits per heavy atom. The molecule has 8 rings (SSSR count). The Hall–Kier alpha value is -3.79. The molecule has 1 N–H and O–H groups in total. The minimum absolute atomic E-state index is 0.0428. The van der Waals surface area contributed by atoms with E-state index < -0.39 is 4.92 Å². The number of para-hydroxylation sites is 1. The molecule has 210 valence electrons. The zero-order chi connectivity index (χ0) is 28.2. The smallest absolute Gasteiger partial charge is 0.358 e. The molecular weight excluding hydrogens is 584 g/mol. The summed E-state index contributed by atoms with van der Waals surface area (Å²) in [6.45, 7) is 0.391. The Morgan fingerprint density at radius 1 is 1.00 bits per heavy atom. The van der Waals surface area contributed by atoms with Crippen LogP contribution in [0.1, 0.15) is 50.5 Å². The maximum atomic E-state index is 13.6. The molecule has 4 aliphatic rings. The zero-order valence-electron chi connectivity index (χ0n) is 22.6. The van der Waals surface area contributed by atoms with Crippen LogP contribution in [-0.4, -0.2) is 30.4 Å². The number of hydrogen-bond donors (Lipinski definition) is 1. The summed E-state index contributed by atoms with van der Waals surface area (Å²) in [5.41, 5.74) is 3.41. The van der Waals surface area contributed by atoms with Crippen LogP contribution in [0, 0.1) is 27.4 Å². The highest BCUT2D eigenvalue weighted by atomic mass is 79.9. The summed E-state index contributed by atoms with van der Waals surface area (Å²) >= 11 is 3.34. The van der Waals surface area contributed by atoms with Crippen LogP contribution >= 0.6 is 15.9 Å². The number of benzene rings is 2. The maximum absolute atomic E-state index is 13.6. The molecule has 0 aliphatic heterocycles. The van der Waals surface area contributed by atoms with E-state index in [1.807, 2.05) is 76.2 Å². The summed E-state index contributed by atoms with van der Waals surface area (Å²) in [5, 5.41) is 24.0. The number of carbonyl (C=O) groups is 1. The van der Waals surface area contributed by atoms with Crippen LogP contribution in [0.3, 0.4) is 0 Å². The van der Waals surface area contributed by atoms with Crippen molar-refractivity contribution in [3.8, 4) is 16.9 Å². The minimum atomic E-state index is -0.437. The highest BCUT2D eigenvalue weighted by Crippen LogP contribution is 2.65. The van der Waals surface area contributed by atoms with Crippen molar-refractivity contribution in [3.63, 3.8) is 0 Å². The fourth-order valence-electron chi connectivity index (χ4n) is 8.28. The first-order valence-electron chi connectivity index (χ1n) is 14.2. The molecule has 4 aliphatic carbocycles. The van der Waals surface area contributed by atoms with Gasteiger partial charge in [-0.25, -0.2) is 4.68 Å². The van der Waals surface area contributed by atoms with Crippen molar-refractivity contribution in [1.29, 1.82) is 0 Å². The molecule has 4 aromatic rings. The lowest BCUT2D eigenvalue weighted by Gasteiger charge is -2.61. The number of carbonyl (C=O) groups excluding carboxylic acids is 1. The minimum Gasteiger partial charge on any atom is -0.358 e. The van der Waals surface area contributed by atoms with E-state index in [0.717, 1.165) is 54.6 Å². The molecule has 0 saturated heterocycles. The lowest BCUT2D eigenvalue weighted by Crippen LogP contribution is -2.57. The first-order chi connectivity index (χ1) is 19.8. The van der Waals surface area contributed by atoms with E-state index in [2.05, 4.69) is 26.3 Å². The number of nitrogens with one attached hydrogen (secondary N) is 1. The molecule has 4 saturated carbocycles. The van der Waals surface area contributed by atoms with Gasteiger partial charge in [-0.2, -0.15) is 9.78 Å². The van der Waals surface area contributed by atoms with Gasteiger partial charge in [0.25, 0.3) is 0 Å². The van der Waals surface area contributed by atoms with Gasteiger partial charge in [0.1, 0.15) is 4.47 Å². The van der Waals surface area contributed by atoms with Crippen molar-refractivity contribution in [2.45, 2.75) is 57.0 Å². The van der Waals surface area contributed by atoms with Gasteiger partial charge in [0.2, 0.25) is 5.91 Å². The van der Waals surface area contributed by atoms with E-state index in [9.17, 15) is 14.9 Å². The van der Waals surface area contributed by atoms with Crippen molar-refractivity contribution < 1.29 is 9.72 Å². The van der Waals surface area contributed by atoms with Gasteiger partial charge in [-0.3, -0.25) is 4.79 Å². The molecule has 1 amide bonds. The van der Waals surface area contributed by atoms with Crippen LogP contribution in [0.2, 0.25) is 0 Å². The first kappa shape index (κ1) is 26.1. The van der Waals surface area contributed by atoms with Gasteiger partial charge in [-0.1, -0.05) is 48.5 Å². The van der Waals surface area contributed by atoms with Crippen LogP contribution in [0.15, 0.2) is 77.5 Å². The Balaban J connectivity index is 1.11. The molecule has 10 heteroatoms.